The van der Waals surface area contributed by atoms with Gasteiger partial charge in [0.2, 0.25) is 0 Å². The predicted octanol–water partition coefficient (Wildman–Crippen LogP) is 0.566. The van der Waals surface area contributed by atoms with Crippen molar-refractivity contribution in [1.82, 2.24) is 14.3 Å². The zero-order chi connectivity index (χ0) is 15.4. The van der Waals surface area contributed by atoms with Gasteiger partial charge >= 0.3 is 0 Å². The molecule has 0 heterocycles. The van der Waals surface area contributed by atoms with E-state index in [2.05, 4.69) is 10.0 Å². The van der Waals surface area contributed by atoms with Crippen LogP contribution in [0.4, 0.5) is 0 Å². The molecule has 2 N–H and O–H groups in total. The van der Waals surface area contributed by atoms with Crippen LogP contribution in [0.3, 0.4) is 0 Å². The minimum atomic E-state index is -3.41. The van der Waals surface area contributed by atoms with E-state index in [1.807, 2.05) is 27.8 Å². The summed E-state index contributed by atoms with van der Waals surface area (Å²) in [5.41, 5.74) is -0.158. The van der Waals surface area contributed by atoms with Crippen molar-refractivity contribution in [3.8, 4) is 0 Å². The van der Waals surface area contributed by atoms with Crippen LogP contribution in [0.15, 0.2) is 0 Å². The molecule has 2 atom stereocenters. The maximum atomic E-state index is 12.2. The van der Waals surface area contributed by atoms with Crippen molar-refractivity contribution in [2.24, 2.45) is 5.41 Å². The Morgan fingerprint density at radius 3 is 2.55 bits per heavy atom. The molecule has 7 heteroatoms. The quantitative estimate of drug-likeness (QED) is 0.611. The van der Waals surface area contributed by atoms with Crippen LogP contribution < -0.4 is 10.0 Å². The topological polar surface area (TPSA) is 70.7 Å². The van der Waals surface area contributed by atoms with E-state index in [9.17, 15) is 8.42 Å². The van der Waals surface area contributed by atoms with Gasteiger partial charge in [-0.05, 0) is 33.4 Å². The Balaban J connectivity index is 2.51. The third-order valence-corrected chi connectivity index (χ3v) is 5.73. The highest BCUT2D eigenvalue weighted by atomic mass is 32.2. The summed E-state index contributed by atoms with van der Waals surface area (Å²) in [5.74, 6) is 0. The monoisotopic (exact) mass is 307 g/mol. The third-order valence-electron chi connectivity index (χ3n) is 4.15. The normalized spacial score (nSPS) is 25.7. The molecule has 0 bridgehead atoms. The van der Waals surface area contributed by atoms with E-state index in [1.54, 1.807) is 7.05 Å². The number of hydrogen-bond acceptors (Lipinski definition) is 4. The van der Waals surface area contributed by atoms with E-state index in [-0.39, 0.29) is 17.6 Å². The zero-order valence-corrected chi connectivity index (χ0v) is 14.1. The summed E-state index contributed by atoms with van der Waals surface area (Å²) in [4.78, 5) is 0. The van der Waals surface area contributed by atoms with Gasteiger partial charge in [-0.25, -0.2) is 0 Å². The highest BCUT2D eigenvalue weighted by Gasteiger charge is 2.50. The second-order valence-corrected chi connectivity index (χ2v) is 7.76. The number of nitrogens with zero attached hydrogens (tertiary/aromatic N) is 1. The Bertz CT molecular complexity index is 398. The SMILES string of the molecule is CCOC1CC(NS(=O)(=O)N(C)CCCNC)C1(C)C. The predicted molar refractivity (Wildman–Crippen MR) is 80.8 cm³/mol. The largest absolute Gasteiger partial charge is 0.378 e. The lowest BCUT2D eigenvalue weighted by atomic mass is 9.65. The fraction of sp³-hybridized carbons (Fsp3) is 1.00. The van der Waals surface area contributed by atoms with Crippen LogP contribution in [0, 0.1) is 5.41 Å². The molecule has 0 spiro atoms. The van der Waals surface area contributed by atoms with Gasteiger partial charge in [0.15, 0.2) is 0 Å². The molecule has 1 fully saturated rings. The Labute approximate surface area is 123 Å². The number of rotatable bonds is 9. The Hall–Kier alpha value is -0.210. The summed E-state index contributed by atoms with van der Waals surface area (Å²) in [6, 6.07) is -0.0594. The van der Waals surface area contributed by atoms with Crippen LogP contribution in [-0.4, -0.2) is 58.7 Å². The molecule has 1 saturated carbocycles. The summed E-state index contributed by atoms with van der Waals surface area (Å²) in [5, 5.41) is 3.01. The van der Waals surface area contributed by atoms with Crippen molar-refractivity contribution in [2.45, 2.75) is 45.8 Å². The Morgan fingerprint density at radius 2 is 2.05 bits per heavy atom. The number of hydrogen-bond donors (Lipinski definition) is 2. The van der Waals surface area contributed by atoms with Crippen molar-refractivity contribution in [2.75, 3.05) is 33.8 Å². The van der Waals surface area contributed by atoms with E-state index in [1.165, 1.54) is 4.31 Å². The van der Waals surface area contributed by atoms with Gasteiger partial charge in [0.05, 0.1) is 6.10 Å². The molecule has 0 amide bonds. The Kier molecular flexibility index (Phi) is 6.40. The van der Waals surface area contributed by atoms with Crippen LogP contribution in [0.25, 0.3) is 0 Å². The van der Waals surface area contributed by atoms with Gasteiger partial charge in [-0.2, -0.15) is 17.4 Å². The molecule has 120 valence electrons. The molecule has 2 unspecified atom stereocenters. The summed E-state index contributed by atoms with van der Waals surface area (Å²) in [7, 11) is 0.0632. The molecule has 1 aliphatic carbocycles. The molecule has 0 aromatic heterocycles. The smallest absolute Gasteiger partial charge is 0.279 e. The highest BCUT2D eigenvalue weighted by Crippen LogP contribution is 2.43. The highest BCUT2D eigenvalue weighted by molar-refractivity contribution is 7.87. The molecular weight excluding hydrogens is 278 g/mol. The summed E-state index contributed by atoms with van der Waals surface area (Å²) < 4.78 is 34.3. The van der Waals surface area contributed by atoms with Crippen LogP contribution in [-0.2, 0) is 14.9 Å². The van der Waals surface area contributed by atoms with E-state index in [0.717, 1.165) is 19.4 Å². The van der Waals surface area contributed by atoms with Crippen molar-refractivity contribution < 1.29 is 13.2 Å². The van der Waals surface area contributed by atoms with E-state index in [0.29, 0.717) is 13.2 Å². The summed E-state index contributed by atoms with van der Waals surface area (Å²) in [6.07, 6.45) is 1.67. The average molecular weight is 307 g/mol. The Morgan fingerprint density at radius 1 is 1.40 bits per heavy atom. The molecule has 1 aliphatic rings. The lowest BCUT2D eigenvalue weighted by Gasteiger charge is -2.51. The van der Waals surface area contributed by atoms with Gasteiger partial charge in [-0.1, -0.05) is 13.8 Å². The maximum absolute atomic E-state index is 12.2. The minimum absolute atomic E-state index is 0.0594. The first-order valence-electron chi connectivity index (χ1n) is 7.25. The van der Waals surface area contributed by atoms with Gasteiger partial charge in [-0.15, -0.1) is 0 Å². The fourth-order valence-electron chi connectivity index (χ4n) is 2.44. The van der Waals surface area contributed by atoms with Crippen molar-refractivity contribution in [1.29, 1.82) is 0 Å². The first-order valence-corrected chi connectivity index (χ1v) is 8.69. The average Bonchev–Trinajstić information content (AvgIpc) is 2.37. The van der Waals surface area contributed by atoms with Crippen LogP contribution >= 0.6 is 0 Å². The van der Waals surface area contributed by atoms with Gasteiger partial charge in [0.25, 0.3) is 10.2 Å². The van der Waals surface area contributed by atoms with Crippen LogP contribution in [0.5, 0.6) is 0 Å². The van der Waals surface area contributed by atoms with Gasteiger partial charge in [0, 0.05) is 31.7 Å². The van der Waals surface area contributed by atoms with Crippen molar-refractivity contribution >= 4 is 10.2 Å². The molecule has 20 heavy (non-hydrogen) atoms. The molecule has 0 saturated heterocycles. The molecular formula is C13H29N3O3S. The fourth-order valence-corrected chi connectivity index (χ4v) is 3.75. The second-order valence-electron chi connectivity index (χ2n) is 5.96. The second kappa shape index (κ2) is 7.17. The first-order chi connectivity index (χ1) is 9.25. The van der Waals surface area contributed by atoms with E-state index < -0.39 is 10.2 Å². The molecule has 0 aromatic rings. The zero-order valence-electron chi connectivity index (χ0n) is 13.3. The lowest BCUT2D eigenvalue weighted by Crippen LogP contribution is -2.63. The third kappa shape index (κ3) is 4.14. The van der Waals surface area contributed by atoms with E-state index >= 15 is 0 Å². The maximum Gasteiger partial charge on any atom is 0.279 e. The van der Waals surface area contributed by atoms with Gasteiger partial charge in [0.1, 0.15) is 0 Å². The summed E-state index contributed by atoms with van der Waals surface area (Å²) in [6.45, 7) is 8.04. The van der Waals surface area contributed by atoms with Gasteiger partial charge in [-0.3, -0.25) is 0 Å². The minimum Gasteiger partial charge on any atom is -0.378 e. The summed E-state index contributed by atoms with van der Waals surface area (Å²) >= 11 is 0. The molecule has 0 radical (unpaired) electrons. The van der Waals surface area contributed by atoms with Crippen molar-refractivity contribution in [3.05, 3.63) is 0 Å². The van der Waals surface area contributed by atoms with Crippen LogP contribution in [0.1, 0.15) is 33.6 Å². The molecule has 6 nitrogen and oxygen atoms in total. The van der Waals surface area contributed by atoms with Crippen molar-refractivity contribution in [3.63, 3.8) is 0 Å². The molecule has 0 aliphatic heterocycles. The standard InChI is InChI=1S/C13H29N3O3S/c1-6-19-12-10-11(13(12,2)3)15-20(17,18)16(5)9-7-8-14-4/h11-12,14-15H,6-10H2,1-5H3. The number of ether oxygens (including phenoxy) is 1. The first kappa shape index (κ1) is 17.8. The van der Waals surface area contributed by atoms with Gasteiger partial charge < -0.3 is 10.1 Å². The molecule has 0 aromatic carbocycles. The molecule has 1 rings (SSSR count). The lowest BCUT2D eigenvalue weighted by molar-refractivity contribution is -0.108. The number of nitrogens with one attached hydrogen (secondary N) is 2. The van der Waals surface area contributed by atoms with Crippen LogP contribution in [0.2, 0.25) is 0 Å². The van der Waals surface area contributed by atoms with E-state index in [4.69, 9.17) is 4.74 Å².